The van der Waals surface area contributed by atoms with Crippen LogP contribution in [0.1, 0.15) is 11.1 Å². The fourth-order valence-electron chi connectivity index (χ4n) is 1.90. The number of benzene rings is 2. The highest BCUT2D eigenvalue weighted by atomic mass is 16.5. The highest BCUT2D eigenvalue weighted by Gasteiger charge is 2.13. The van der Waals surface area contributed by atoms with Gasteiger partial charge in [0, 0.05) is 0 Å². The van der Waals surface area contributed by atoms with Gasteiger partial charge in [-0.15, -0.1) is 0 Å². The molecule has 0 radical (unpaired) electrons. The van der Waals surface area contributed by atoms with Crippen LogP contribution in [-0.4, -0.2) is 25.5 Å². The normalized spacial score (nSPS) is 11.0. The minimum absolute atomic E-state index is 0.111. The van der Waals surface area contributed by atoms with E-state index in [2.05, 4.69) is 15.0 Å². The molecule has 4 heteroatoms. The molecule has 0 unspecified atom stereocenters. The van der Waals surface area contributed by atoms with E-state index < -0.39 is 0 Å². The summed E-state index contributed by atoms with van der Waals surface area (Å²) < 4.78 is 4.67. The van der Waals surface area contributed by atoms with Gasteiger partial charge < -0.3 is 4.74 Å². The molecule has 0 saturated heterocycles. The number of aryl methyl sites for hydroxylation is 1. The highest BCUT2D eigenvalue weighted by Crippen LogP contribution is 2.13. The summed E-state index contributed by atoms with van der Waals surface area (Å²) in [5.74, 6) is 0.463. The molecule has 0 atom stereocenters. The molecule has 108 valence electrons. The molecule has 2 N–H and O–H groups in total. The first kappa shape index (κ1) is 14.8. The van der Waals surface area contributed by atoms with Gasteiger partial charge in [-0.2, -0.15) is 0 Å². The van der Waals surface area contributed by atoms with Crippen LogP contribution in [0.25, 0.3) is 0 Å². The number of amidine groups is 1. The van der Waals surface area contributed by atoms with Crippen molar-refractivity contribution >= 4 is 17.5 Å². The van der Waals surface area contributed by atoms with Crippen molar-refractivity contribution in [2.45, 2.75) is 6.92 Å². The van der Waals surface area contributed by atoms with Crippen molar-refractivity contribution in [2.24, 2.45) is 0 Å². The molecule has 4 nitrogen and oxygen atoms in total. The minimum atomic E-state index is -0.310. The molecule has 0 aromatic heterocycles. The number of esters is 1. The van der Waals surface area contributed by atoms with E-state index >= 15 is 0 Å². The number of carbonyl (C=O) groups excluding carboxylic acids is 1. The van der Waals surface area contributed by atoms with Crippen LogP contribution in [0.2, 0.25) is 0 Å². The Bertz CT molecular complexity index is 636. The lowest BCUT2D eigenvalue weighted by molar-refractivity contribution is -0.446. The number of ether oxygens (including phenoxy) is 1. The van der Waals surface area contributed by atoms with Gasteiger partial charge in [-0.3, -0.25) is 4.99 Å². The number of hydrogen-bond acceptors (Lipinski definition) is 2. The predicted molar refractivity (Wildman–Crippen MR) is 83.2 cm³/mol. The molecular formula is C17H19N2O2+. The Morgan fingerprint density at radius 3 is 2.43 bits per heavy atom. The molecule has 0 fully saturated rings. The molecule has 0 saturated carbocycles. The molecule has 21 heavy (non-hydrogen) atoms. The van der Waals surface area contributed by atoms with E-state index in [0.717, 1.165) is 22.6 Å². The molecule has 0 aliphatic heterocycles. The Balaban J connectivity index is 2.28. The SMILES string of the molecule is COC(=O)C[NH+]=C(Nc1ccccc1C)c1ccccc1. The first-order valence-electron chi connectivity index (χ1n) is 6.76. The van der Waals surface area contributed by atoms with E-state index in [4.69, 9.17) is 0 Å². The van der Waals surface area contributed by atoms with Gasteiger partial charge in [0.25, 0.3) is 5.84 Å². The van der Waals surface area contributed by atoms with Crippen molar-refractivity contribution in [2.75, 3.05) is 19.0 Å². The standard InChI is InChI=1S/C17H18N2O2/c1-13-8-6-7-11-15(13)19-17(18-12-16(20)21-2)14-9-4-3-5-10-14/h3-11H,12H2,1-2H3,(H,18,19)/p+1. The predicted octanol–water partition coefficient (Wildman–Crippen LogP) is 1.11. The van der Waals surface area contributed by atoms with Crippen molar-refractivity contribution in [1.29, 1.82) is 0 Å². The van der Waals surface area contributed by atoms with E-state index in [0.29, 0.717) is 0 Å². The summed E-state index contributed by atoms with van der Waals surface area (Å²) in [5.41, 5.74) is 3.10. The summed E-state index contributed by atoms with van der Waals surface area (Å²) in [6.07, 6.45) is 0. The van der Waals surface area contributed by atoms with Gasteiger partial charge in [0.05, 0.1) is 12.7 Å². The number of nitrogens with one attached hydrogen (secondary N) is 2. The molecule has 0 amide bonds. The molecule has 0 bridgehead atoms. The second-order valence-electron chi connectivity index (χ2n) is 4.61. The van der Waals surface area contributed by atoms with E-state index in [1.165, 1.54) is 7.11 Å². The minimum Gasteiger partial charge on any atom is -0.466 e. The molecule has 0 heterocycles. The Morgan fingerprint density at radius 1 is 1.10 bits per heavy atom. The number of rotatable bonds is 4. The van der Waals surface area contributed by atoms with Gasteiger partial charge in [0.1, 0.15) is 5.69 Å². The first-order chi connectivity index (χ1) is 10.2. The third-order valence-electron chi connectivity index (χ3n) is 3.10. The highest BCUT2D eigenvalue weighted by molar-refractivity contribution is 6.04. The fourth-order valence-corrected chi connectivity index (χ4v) is 1.90. The first-order valence-corrected chi connectivity index (χ1v) is 6.76. The summed E-state index contributed by atoms with van der Waals surface area (Å²) in [4.78, 5) is 14.4. The summed E-state index contributed by atoms with van der Waals surface area (Å²) in [5, 5.41) is 3.34. The maximum atomic E-state index is 11.3. The number of hydrogen-bond donors (Lipinski definition) is 2. The van der Waals surface area contributed by atoms with Gasteiger partial charge >= 0.3 is 5.97 Å². The molecule has 0 spiro atoms. The van der Waals surface area contributed by atoms with Crippen molar-refractivity contribution in [3.05, 3.63) is 65.7 Å². The van der Waals surface area contributed by atoms with Gasteiger partial charge in [0.15, 0.2) is 6.54 Å². The van der Waals surface area contributed by atoms with Crippen LogP contribution in [-0.2, 0) is 9.53 Å². The molecule has 0 aliphatic rings. The Morgan fingerprint density at radius 2 is 1.76 bits per heavy atom. The molecule has 2 aromatic rings. The van der Waals surface area contributed by atoms with E-state index in [1.54, 1.807) is 0 Å². The summed E-state index contributed by atoms with van der Waals surface area (Å²) in [7, 11) is 1.38. The maximum absolute atomic E-state index is 11.3. The summed E-state index contributed by atoms with van der Waals surface area (Å²) >= 11 is 0. The Hall–Kier alpha value is -2.62. The Labute approximate surface area is 124 Å². The smallest absolute Gasteiger partial charge is 0.347 e. The molecule has 0 aliphatic carbocycles. The van der Waals surface area contributed by atoms with E-state index in [9.17, 15) is 4.79 Å². The second kappa shape index (κ2) is 7.24. The van der Waals surface area contributed by atoms with Gasteiger partial charge in [-0.05, 0) is 30.7 Å². The zero-order valence-electron chi connectivity index (χ0n) is 12.2. The number of carbonyl (C=O) groups is 1. The number of para-hydroxylation sites is 1. The van der Waals surface area contributed by atoms with Crippen molar-refractivity contribution in [1.82, 2.24) is 0 Å². The van der Waals surface area contributed by atoms with Crippen LogP contribution >= 0.6 is 0 Å². The van der Waals surface area contributed by atoms with Crippen molar-refractivity contribution < 1.29 is 14.5 Å². The second-order valence-corrected chi connectivity index (χ2v) is 4.61. The van der Waals surface area contributed by atoms with Crippen molar-refractivity contribution in [3.8, 4) is 0 Å². The lowest BCUT2D eigenvalue weighted by Gasteiger charge is -2.06. The lowest BCUT2D eigenvalue weighted by atomic mass is 10.1. The van der Waals surface area contributed by atoms with Crippen LogP contribution < -0.4 is 10.3 Å². The van der Waals surface area contributed by atoms with E-state index in [-0.39, 0.29) is 12.5 Å². The molecule has 2 aromatic carbocycles. The Kier molecular flexibility index (Phi) is 5.10. The summed E-state index contributed by atoms with van der Waals surface area (Å²) in [6, 6.07) is 17.8. The third-order valence-corrected chi connectivity index (χ3v) is 3.10. The summed E-state index contributed by atoms with van der Waals surface area (Å²) in [6.45, 7) is 2.14. The maximum Gasteiger partial charge on any atom is 0.347 e. The van der Waals surface area contributed by atoms with Crippen LogP contribution in [0.4, 0.5) is 5.69 Å². The lowest BCUT2D eigenvalue weighted by Crippen LogP contribution is -2.77. The topological polar surface area (TPSA) is 52.3 Å². The van der Waals surface area contributed by atoms with Gasteiger partial charge in [0.2, 0.25) is 0 Å². The largest absolute Gasteiger partial charge is 0.466 e. The van der Waals surface area contributed by atoms with Gasteiger partial charge in [-0.1, -0.05) is 36.4 Å². The van der Waals surface area contributed by atoms with Crippen LogP contribution in [0.5, 0.6) is 0 Å². The fraction of sp³-hybridized carbons (Fsp3) is 0.176. The quantitative estimate of drug-likeness (QED) is 0.502. The number of anilines is 1. The van der Waals surface area contributed by atoms with Crippen molar-refractivity contribution in [3.63, 3.8) is 0 Å². The van der Waals surface area contributed by atoms with Crippen LogP contribution in [0.15, 0.2) is 54.6 Å². The van der Waals surface area contributed by atoms with Crippen LogP contribution in [0.3, 0.4) is 0 Å². The van der Waals surface area contributed by atoms with Gasteiger partial charge in [-0.25, -0.2) is 10.1 Å². The molecular weight excluding hydrogens is 264 g/mol. The van der Waals surface area contributed by atoms with Crippen LogP contribution in [0, 0.1) is 6.92 Å². The molecule has 2 rings (SSSR count). The number of methoxy groups -OCH3 is 1. The average Bonchev–Trinajstić information content (AvgIpc) is 2.53. The average molecular weight is 283 g/mol. The zero-order chi connectivity index (χ0) is 15.1. The third kappa shape index (κ3) is 4.18. The zero-order valence-corrected chi connectivity index (χ0v) is 12.2. The monoisotopic (exact) mass is 283 g/mol. The van der Waals surface area contributed by atoms with E-state index in [1.807, 2.05) is 61.5 Å².